The third-order valence-electron chi connectivity index (χ3n) is 6.95. The molecule has 6 rings (SSSR count). The molecular formula is C32H18N4O8S3. The van der Waals surface area contributed by atoms with Gasteiger partial charge >= 0.3 is 31.7 Å². The highest BCUT2D eigenvalue weighted by Gasteiger charge is 2.32. The highest BCUT2D eigenvalue weighted by Crippen LogP contribution is 2.33. The normalized spacial score (nSPS) is 13.8. The molecule has 4 aromatic rings. The van der Waals surface area contributed by atoms with Gasteiger partial charge in [0.05, 0.1) is 0 Å². The van der Waals surface area contributed by atoms with Gasteiger partial charge in [0.15, 0.2) is 0 Å². The summed E-state index contributed by atoms with van der Waals surface area (Å²) in [5.41, 5.74) is 17.9. The van der Waals surface area contributed by atoms with Gasteiger partial charge in [-0.25, -0.2) is 0 Å². The Bertz CT molecular complexity index is 2220. The first kappa shape index (κ1) is 31.3. The fraction of sp³-hybridized carbons (Fsp3) is 0. The van der Waals surface area contributed by atoms with Crippen LogP contribution < -0.4 is 8.37 Å². The summed E-state index contributed by atoms with van der Waals surface area (Å²) in [4.78, 5) is 31.7. The van der Waals surface area contributed by atoms with Crippen LogP contribution in [0.5, 0.6) is 11.5 Å². The van der Waals surface area contributed by atoms with Crippen molar-refractivity contribution in [1.82, 2.24) is 0 Å². The van der Waals surface area contributed by atoms with E-state index in [1.54, 1.807) is 24.3 Å². The van der Waals surface area contributed by atoms with E-state index < -0.39 is 31.8 Å². The van der Waals surface area contributed by atoms with Gasteiger partial charge in [-0.3, -0.25) is 9.59 Å². The lowest BCUT2D eigenvalue weighted by atomic mass is 9.95. The first-order valence-corrected chi connectivity index (χ1v) is 17.1. The second kappa shape index (κ2) is 12.2. The molecule has 0 saturated heterocycles. The van der Waals surface area contributed by atoms with Crippen molar-refractivity contribution in [3.05, 3.63) is 130 Å². The predicted molar refractivity (Wildman–Crippen MR) is 170 cm³/mol. The minimum atomic E-state index is -4.34. The van der Waals surface area contributed by atoms with Crippen LogP contribution >= 0.6 is 11.8 Å². The largest absolute Gasteiger partial charge is 0.379 e. The summed E-state index contributed by atoms with van der Waals surface area (Å²) in [5.74, 6) is -1.18. The van der Waals surface area contributed by atoms with E-state index in [1.165, 1.54) is 96.7 Å². The van der Waals surface area contributed by atoms with Crippen molar-refractivity contribution in [2.75, 3.05) is 0 Å². The Morgan fingerprint density at radius 1 is 0.532 bits per heavy atom. The molecule has 0 bridgehead atoms. The Morgan fingerprint density at radius 3 is 1.28 bits per heavy atom. The zero-order valence-corrected chi connectivity index (χ0v) is 26.1. The number of nitrogens with zero attached hydrogens (tertiary/aromatic N) is 4. The summed E-state index contributed by atoms with van der Waals surface area (Å²) in [7, 11) is -8.67. The predicted octanol–water partition coefficient (Wildman–Crippen LogP) is 5.13. The van der Waals surface area contributed by atoms with Crippen molar-refractivity contribution in [1.29, 1.82) is 0 Å². The van der Waals surface area contributed by atoms with Crippen LogP contribution in [0.4, 0.5) is 0 Å². The summed E-state index contributed by atoms with van der Waals surface area (Å²) in [5, 5.41) is 0. The van der Waals surface area contributed by atoms with E-state index in [-0.39, 0.29) is 55.0 Å². The van der Waals surface area contributed by atoms with Crippen molar-refractivity contribution < 1.29 is 44.4 Å². The number of allylic oxidation sites excluding steroid dienone is 2. The fourth-order valence-corrected chi connectivity index (χ4v) is 7.89. The number of benzene rings is 4. The number of carbonyl (C=O) groups is 2. The molecule has 0 atom stereocenters. The molecule has 0 fully saturated rings. The average molecular weight is 683 g/mol. The minimum absolute atomic E-state index is 0.0316. The molecule has 232 valence electrons. The molecule has 0 saturated carbocycles. The number of rotatable bonds is 8. The van der Waals surface area contributed by atoms with Gasteiger partial charge in [-0.1, -0.05) is 36.0 Å². The molecule has 12 nitrogen and oxygen atoms in total. The third-order valence-corrected chi connectivity index (χ3v) is 10.6. The standard InChI is InChI=1S/C32H18N4O8S3/c33-35-27-17-15-23-25(31(27)37)3-1-5-29(23)46(39,40)43-19-7-11-21(12-8-19)45-22-13-9-20(10-14-22)44-47(41,42)30-6-2-4-26-24(30)16-18-28(36-34)32(26)38/h1-18H. The van der Waals surface area contributed by atoms with Gasteiger partial charge in [0.2, 0.25) is 0 Å². The molecule has 47 heavy (non-hydrogen) atoms. The second-order valence-corrected chi connectivity index (χ2v) is 14.0. The SMILES string of the molecule is [N-]=[N+]=C1C=Cc2c(cccc2S(=O)(=O)Oc2ccc(Sc3ccc(OS(=O)(=O)c4cccc5c4C=CC(=[N+]=[N-])C5=O)cc3)cc2)C1=O. The van der Waals surface area contributed by atoms with E-state index >= 15 is 0 Å². The lowest BCUT2D eigenvalue weighted by molar-refractivity contribution is -0.00459. The van der Waals surface area contributed by atoms with E-state index in [0.717, 1.165) is 9.79 Å². The van der Waals surface area contributed by atoms with Crippen molar-refractivity contribution >= 4 is 67.1 Å². The number of carbonyl (C=O) groups excluding carboxylic acids is 2. The lowest BCUT2D eigenvalue weighted by Gasteiger charge is -2.14. The van der Waals surface area contributed by atoms with Crippen LogP contribution in [0.1, 0.15) is 31.8 Å². The number of fused-ring (bicyclic) bond motifs is 2. The minimum Gasteiger partial charge on any atom is -0.379 e. The van der Waals surface area contributed by atoms with Crippen LogP contribution in [0.25, 0.3) is 23.2 Å². The second-order valence-electron chi connectivity index (χ2n) is 9.85. The smallest absolute Gasteiger partial charge is 0.362 e. The van der Waals surface area contributed by atoms with E-state index in [0.29, 0.717) is 0 Å². The van der Waals surface area contributed by atoms with Crippen LogP contribution in [0, 0.1) is 0 Å². The number of Topliss-reactive ketones (excluding diaryl/α,β-unsaturated/α-hetero) is 2. The summed E-state index contributed by atoms with van der Waals surface area (Å²) in [6.45, 7) is 0. The Labute approximate surface area is 272 Å². The number of hydrogen-bond donors (Lipinski definition) is 0. The molecular weight excluding hydrogens is 665 g/mol. The lowest BCUT2D eigenvalue weighted by Crippen LogP contribution is -2.20. The van der Waals surface area contributed by atoms with Crippen LogP contribution in [0.2, 0.25) is 0 Å². The van der Waals surface area contributed by atoms with Crippen molar-refractivity contribution in [2.24, 2.45) is 0 Å². The summed E-state index contributed by atoms with van der Waals surface area (Å²) in [6.07, 6.45) is 5.17. The number of hydrogen-bond acceptors (Lipinski definition) is 9. The summed E-state index contributed by atoms with van der Waals surface area (Å²) in [6, 6.07) is 20.7. The van der Waals surface area contributed by atoms with Gasteiger partial charge in [0.1, 0.15) is 21.3 Å². The third kappa shape index (κ3) is 6.12. The first-order chi connectivity index (χ1) is 22.5. The van der Waals surface area contributed by atoms with Gasteiger partial charge in [0, 0.05) is 44.2 Å². The van der Waals surface area contributed by atoms with Gasteiger partial charge in [-0.15, -0.1) is 0 Å². The van der Waals surface area contributed by atoms with Gasteiger partial charge < -0.3 is 19.4 Å². The van der Waals surface area contributed by atoms with Crippen molar-refractivity contribution in [2.45, 2.75) is 19.6 Å². The highest BCUT2D eigenvalue weighted by molar-refractivity contribution is 7.99. The monoisotopic (exact) mass is 682 g/mol. The molecule has 0 spiro atoms. The van der Waals surface area contributed by atoms with E-state index in [1.807, 2.05) is 0 Å². The molecule has 0 amide bonds. The Kier molecular flexibility index (Phi) is 8.16. The summed E-state index contributed by atoms with van der Waals surface area (Å²) >= 11 is 1.31. The molecule has 0 aromatic heterocycles. The zero-order valence-electron chi connectivity index (χ0n) is 23.7. The Hall–Kier alpha value is -5.69. The maximum Gasteiger partial charge on any atom is 0.362 e. The maximum atomic E-state index is 13.1. The van der Waals surface area contributed by atoms with Crippen LogP contribution in [0.15, 0.2) is 117 Å². The summed E-state index contributed by atoms with van der Waals surface area (Å²) < 4.78 is 63.0. The molecule has 0 heterocycles. The van der Waals surface area contributed by atoms with Crippen molar-refractivity contribution in [3.8, 4) is 11.5 Å². The molecule has 0 radical (unpaired) electrons. The Morgan fingerprint density at radius 2 is 0.915 bits per heavy atom. The number of ketones is 2. The Balaban J connectivity index is 1.14. The fourth-order valence-electron chi connectivity index (χ4n) is 4.78. The quantitative estimate of drug-likeness (QED) is 0.137. The van der Waals surface area contributed by atoms with Gasteiger partial charge in [0.25, 0.3) is 11.6 Å². The topological polar surface area (TPSA) is 194 Å². The van der Waals surface area contributed by atoms with Crippen LogP contribution in [-0.4, -0.2) is 49.4 Å². The first-order valence-electron chi connectivity index (χ1n) is 13.4. The zero-order chi connectivity index (χ0) is 33.3. The molecule has 0 unspecified atom stereocenters. The van der Waals surface area contributed by atoms with Gasteiger partial charge in [-0.2, -0.15) is 26.4 Å². The molecule has 2 aliphatic rings. The molecule has 2 aliphatic carbocycles. The maximum absolute atomic E-state index is 13.1. The van der Waals surface area contributed by atoms with Crippen molar-refractivity contribution in [3.63, 3.8) is 0 Å². The van der Waals surface area contributed by atoms with Gasteiger partial charge in [-0.05, 0) is 72.8 Å². The van der Waals surface area contributed by atoms with E-state index in [2.05, 4.69) is 9.58 Å². The highest BCUT2D eigenvalue weighted by atomic mass is 32.2. The molecule has 15 heteroatoms. The molecule has 4 aromatic carbocycles. The average Bonchev–Trinajstić information content (AvgIpc) is 3.06. The molecule has 0 N–H and O–H groups in total. The van der Waals surface area contributed by atoms with Crippen LogP contribution in [0.3, 0.4) is 0 Å². The van der Waals surface area contributed by atoms with Crippen LogP contribution in [-0.2, 0) is 20.2 Å². The van der Waals surface area contributed by atoms with E-state index in [4.69, 9.17) is 19.4 Å². The molecule has 0 aliphatic heterocycles. The van der Waals surface area contributed by atoms with E-state index in [9.17, 15) is 26.4 Å².